The second-order valence-electron chi connectivity index (χ2n) is 5.47. The van der Waals surface area contributed by atoms with Crippen molar-refractivity contribution in [2.75, 3.05) is 11.9 Å². The number of hydrogen-bond acceptors (Lipinski definition) is 5. The molecule has 0 fully saturated rings. The van der Waals surface area contributed by atoms with Gasteiger partial charge in [-0.1, -0.05) is 24.3 Å². The van der Waals surface area contributed by atoms with Gasteiger partial charge in [0.25, 0.3) is 5.91 Å². The van der Waals surface area contributed by atoms with Gasteiger partial charge in [-0.2, -0.15) is 0 Å². The minimum absolute atomic E-state index is 0.0763. The molecule has 0 aliphatic heterocycles. The standard InChI is InChI=1S/C19H15FN2O3S/c1-12(23)13-4-3-7-16(9-13)25-10-18(24)22-19-21-17(11-26-19)14-5-2-6-15(20)8-14/h2-9,11H,10H2,1H3,(H,21,22,24). The molecule has 5 nitrogen and oxygen atoms in total. The number of nitrogens with one attached hydrogen (secondary N) is 1. The van der Waals surface area contributed by atoms with Gasteiger partial charge in [0.05, 0.1) is 5.69 Å². The molecule has 0 atom stereocenters. The molecule has 1 N–H and O–H groups in total. The average Bonchev–Trinajstić information content (AvgIpc) is 3.09. The van der Waals surface area contributed by atoms with Crippen LogP contribution in [0.4, 0.5) is 9.52 Å². The summed E-state index contributed by atoms with van der Waals surface area (Å²) in [4.78, 5) is 27.6. The molecule has 2 aromatic carbocycles. The Bertz CT molecular complexity index is 955. The number of benzene rings is 2. The second-order valence-corrected chi connectivity index (χ2v) is 6.33. The van der Waals surface area contributed by atoms with Gasteiger partial charge in [-0.05, 0) is 31.2 Å². The van der Waals surface area contributed by atoms with Crippen LogP contribution in [0.25, 0.3) is 11.3 Å². The van der Waals surface area contributed by atoms with E-state index in [0.29, 0.717) is 27.7 Å². The highest BCUT2D eigenvalue weighted by Crippen LogP contribution is 2.25. The molecular formula is C19H15FN2O3S. The molecule has 132 valence electrons. The van der Waals surface area contributed by atoms with Gasteiger partial charge in [0, 0.05) is 16.5 Å². The van der Waals surface area contributed by atoms with Crippen molar-refractivity contribution in [2.24, 2.45) is 0 Å². The lowest BCUT2D eigenvalue weighted by Crippen LogP contribution is -2.20. The molecule has 3 rings (SSSR count). The highest BCUT2D eigenvalue weighted by Gasteiger charge is 2.10. The highest BCUT2D eigenvalue weighted by atomic mass is 32.1. The van der Waals surface area contributed by atoms with Crippen LogP contribution in [-0.2, 0) is 4.79 Å². The van der Waals surface area contributed by atoms with Crippen LogP contribution in [-0.4, -0.2) is 23.3 Å². The fraction of sp³-hybridized carbons (Fsp3) is 0.105. The number of hydrogen-bond donors (Lipinski definition) is 1. The molecular weight excluding hydrogens is 355 g/mol. The predicted molar refractivity (Wildman–Crippen MR) is 98.1 cm³/mol. The molecule has 0 spiro atoms. The molecule has 0 aliphatic rings. The number of ketones is 1. The Kier molecular flexibility index (Phi) is 5.38. The van der Waals surface area contributed by atoms with Crippen molar-refractivity contribution in [1.29, 1.82) is 0 Å². The Hall–Kier alpha value is -3.06. The SMILES string of the molecule is CC(=O)c1cccc(OCC(=O)Nc2nc(-c3cccc(F)c3)cs2)c1. The summed E-state index contributed by atoms with van der Waals surface area (Å²) >= 11 is 1.24. The quantitative estimate of drug-likeness (QED) is 0.661. The van der Waals surface area contributed by atoms with Crippen LogP contribution in [0.2, 0.25) is 0 Å². The van der Waals surface area contributed by atoms with Gasteiger partial charge in [-0.25, -0.2) is 9.37 Å². The monoisotopic (exact) mass is 370 g/mol. The lowest BCUT2D eigenvalue weighted by Gasteiger charge is -2.06. The molecule has 1 heterocycles. The summed E-state index contributed by atoms with van der Waals surface area (Å²) in [6, 6.07) is 12.7. The van der Waals surface area contributed by atoms with Crippen LogP contribution < -0.4 is 10.1 Å². The van der Waals surface area contributed by atoms with E-state index < -0.39 is 0 Å². The Balaban J connectivity index is 1.59. The van der Waals surface area contributed by atoms with Crippen molar-refractivity contribution < 1.29 is 18.7 Å². The first-order valence-electron chi connectivity index (χ1n) is 7.76. The van der Waals surface area contributed by atoms with E-state index in [1.165, 1.54) is 30.4 Å². The molecule has 0 bridgehead atoms. The van der Waals surface area contributed by atoms with E-state index in [0.717, 1.165) is 0 Å². The first-order chi connectivity index (χ1) is 12.5. The minimum Gasteiger partial charge on any atom is -0.484 e. The number of ether oxygens (including phenoxy) is 1. The van der Waals surface area contributed by atoms with E-state index >= 15 is 0 Å². The Morgan fingerprint density at radius 2 is 2.00 bits per heavy atom. The zero-order valence-electron chi connectivity index (χ0n) is 13.9. The maximum absolute atomic E-state index is 13.3. The van der Waals surface area contributed by atoms with Gasteiger partial charge >= 0.3 is 0 Å². The van der Waals surface area contributed by atoms with Crippen LogP contribution in [0.5, 0.6) is 5.75 Å². The summed E-state index contributed by atoms with van der Waals surface area (Å²) in [7, 11) is 0. The zero-order chi connectivity index (χ0) is 18.5. The van der Waals surface area contributed by atoms with Crippen molar-refractivity contribution in [3.63, 3.8) is 0 Å². The summed E-state index contributed by atoms with van der Waals surface area (Å²) in [5.41, 5.74) is 1.74. The van der Waals surface area contributed by atoms with Gasteiger partial charge in [-0.3, -0.25) is 14.9 Å². The van der Waals surface area contributed by atoms with Crippen molar-refractivity contribution in [1.82, 2.24) is 4.98 Å². The van der Waals surface area contributed by atoms with E-state index in [4.69, 9.17) is 4.74 Å². The zero-order valence-corrected chi connectivity index (χ0v) is 14.7. The maximum Gasteiger partial charge on any atom is 0.264 e. The number of carbonyl (C=O) groups excluding carboxylic acids is 2. The summed E-state index contributed by atoms with van der Waals surface area (Å²) in [5, 5.41) is 4.77. The molecule has 1 aromatic heterocycles. The lowest BCUT2D eigenvalue weighted by atomic mass is 10.1. The summed E-state index contributed by atoms with van der Waals surface area (Å²) in [5.74, 6) is -0.361. The van der Waals surface area contributed by atoms with E-state index in [-0.39, 0.29) is 24.1 Å². The van der Waals surface area contributed by atoms with Crippen LogP contribution in [0.1, 0.15) is 17.3 Å². The number of halogens is 1. The molecule has 0 aliphatic carbocycles. The average molecular weight is 370 g/mol. The number of anilines is 1. The molecule has 0 radical (unpaired) electrons. The Labute approximate surface area is 153 Å². The minimum atomic E-state index is -0.377. The molecule has 26 heavy (non-hydrogen) atoms. The van der Waals surface area contributed by atoms with Gasteiger partial charge in [0.2, 0.25) is 0 Å². The van der Waals surface area contributed by atoms with Gasteiger partial charge in [-0.15, -0.1) is 11.3 Å². The third-order valence-corrected chi connectivity index (χ3v) is 4.24. The van der Waals surface area contributed by atoms with Crippen molar-refractivity contribution in [3.8, 4) is 17.0 Å². The molecule has 7 heteroatoms. The third kappa shape index (κ3) is 4.52. The van der Waals surface area contributed by atoms with E-state index in [1.54, 1.807) is 41.8 Å². The van der Waals surface area contributed by atoms with E-state index in [1.807, 2.05) is 0 Å². The Morgan fingerprint density at radius 1 is 1.19 bits per heavy atom. The van der Waals surface area contributed by atoms with Crippen molar-refractivity contribution in [2.45, 2.75) is 6.92 Å². The molecule has 0 saturated heterocycles. The first kappa shape index (κ1) is 17.8. The maximum atomic E-state index is 13.3. The smallest absolute Gasteiger partial charge is 0.264 e. The second kappa shape index (κ2) is 7.88. The topological polar surface area (TPSA) is 68.3 Å². The molecule has 0 unspecified atom stereocenters. The number of thiazole rings is 1. The van der Waals surface area contributed by atoms with Crippen LogP contribution in [0.15, 0.2) is 53.9 Å². The summed E-state index contributed by atoms with van der Waals surface area (Å²) in [6.45, 7) is 1.25. The van der Waals surface area contributed by atoms with E-state index in [2.05, 4.69) is 10.3 Å². The normalized spacial score (nSPS) is 10.4. The third-order valence-electron chi connectivity index (χ3n) is 3.48. The highest BCUT2D eigenvalue weighted by molar-refractivity contribution is 7.14. The van der Waals surface area contributed by atoms with E-state index in [9.17, 15) is 14.0 Å². The molecule has 0 saturated carbocycles. The largest absolute Gasteiger partial charge is 0.484 e. The summed E-state index contributed by atoms with van der Waals surface area (Å²) in [6.07, 6.45) is 0. The van der Waals surface area contributed by atoms with Crippen LogP contribution in [0.3, 0.4) is 0 Å². The number of rotatable bonds is 6. The fourth-order valence-corrected chi connectivity index (χ4v) is 2.96. The first-order valence-corrected chi connectivity index (χ1v) is 8.64. The van der Waals surface area contributed by atoms with Gasteiger partial charge in [0.1, 0.15) is 11.6 Å². The van der Waals surface area contributed by atoms with Crippen LogP contribution >= 0.6 is 11.3 Å². The Morgan fingerprint density at radius 3 is 2.77 bits per heavy atom. The number of Topliss-reactive ketones (excluding diaryl/α,β-unsaturated/α-hetero) is 1. The van der Waals surface area contributed by atoms with Gasteiger partial charge in [0.15, 0.2) is 17.5 Å². The molecule has 3 aromatic rings. The summed E-state index contributed by atoms with van der Waals surface area (Å²) < 4.78 is 18.7. The van der Waals surface area contributed by atoms with Crippen molar-refractivity contribution >= 4 is 28.2 Å². The number of nitrogens with zero attached hydrogens (tertiary/aromatic N) is 1. The number of amides is 1. The lowest BCUT2D eigenvalue weighted by molar-refractivity contribution is -0.118. The number of carbonyl (C=O) groups is 2. The van der Waals surface area contributed by atoms with Gasteiger partial charge < -0.3 is 4.74 Å². The van der Waals surface area contributed by atoms with Crippen molar-refractivity contribution in [3.05, 3.63) is 65.3 Å². The number of aromatic nitrogens is 1. The molecule has 1 amide bonds. The fourth-order valence-electron chi connectivity index (χ4n) is 2.22. The van der Waals surface area contributed by atoms with Crippen LogP contribution in [0, 0.1) is 5.82 Å². The predicted octanol–water partition coefficient (Wildman–Crippen LogP) is 4.17.